The van der Waals surface area contributed by atoms with Gasteiger partial charge in [-0.05, 0) is 11.1 Å². The van der Waals surface area contributed by atoms with Crippen molar-refractivity contribution in [1.29, 1.82) is 0 Å². The van der Waals surface area contributed by atoms with Crippen LogP contribution in [-0.2, 0) is 9.53 Å². The first-order valence-electron chi connectivity index (χ1n) is 6.82. The average Bonchev–Trinajstić information content (AvgIpc) is 3.04. The Balaban J connectivity index is 1.97. The predicted molar refractivity (Wildman–Crippen MR) is 77.3 cm³/mol. The summed E-state index contributed by atoms with van der Waals surface area (Å²) in [6.45, 7) is 1.70. The summed E-state index contributed by atoms with van der Waals surface area (Å²) >= 11 is 0. The van der Waals surface area contributed by atoms with Gasteiger partial charge in [0, 0.05) is 6.54 Å². The van der Waals surface area contributed by atoms with Gasteiger partial charge < -0.3 is 9.64 Å². The summed E-state index contributed by atoms with van der Waals surface area (Å²) in [4.78, 5) is 14.6. The number of benzene rings is 2. The molecule has 0 aliphatic carbocycles. The zero-order valence-electron chi connectivity index (χ0n) is 11.2. The molecule has 1 saturated heterocycles. The van der Waals surface area contributed by atoms with Crippen molar-refractivity contribution in [3.63, 3.8) is 0 Å². The molecule has 1 heterocycles. The van der Waals surface area contributed by atoms with Crippen molar-refractivity contribution < 1.29 is 9.53 Å². The first-order chi connectivity index (χ1) is 9.86. The highest BCUT2D eigenvalue weighted by atomic mass is 16.5. The van der Waals surface area contributed by atoms with Crippen molar-refractivity contribution >= 4 is 5.91 Å². The standard InChI is InChI=1S/C17H17NO2/c19-17(18-11-12-20-13-18)16(14-7-3-1-4-8-14)15-9-5-2-6-10-15/h1-10,16H,11-13H2. The van der Waals surface area contributed by atoms with Crippen LogP contribution in [0.1, 0.15) is 17.0 Å². The van der Waals surface area contributed by atoms with Crippen LogP contribution in [0.25, 0.3) is 0 Å². The molecule has 2 aromatic rings. The minimum Gasteiger partial charge on any atom is -0.359 e. The largest absolute Gasteiger partial charge is 0.359 e. The third kappa shape index (κ3) is 2.58. The van der Waals surface area contributed by atoms with E-state index >= 15 is 0 Å². The molecule has 3 heteroatoms. The van der Waals surface area contributed by atoms with Crippen LogP contribution < -0.4 is 0 Å². The van der Waals surface area contributed by atoms with Crippen LogP contribution in [0.3, 0.4) is 0 Å². The third-order valence-corrected chi connectivity index (χ3v) is 3.58. The van der Waals surface area contributed by atoms with E-state index in [2.05, 4.69) is 0 Å². The molecule has 0 unspecified atom stereocenters. The van der Waals surface area contributed by atoms with E-state index in [0.717, 1.165) is 11.1 Å². The topological polar surface area (TPSA) is 29.5 Å². The lowest BCUT2D eigenvalue weighted by atomic mass is 9.90. The Bertz CT molecular complexity index is 523. The van der Waals surface area contributed by atoms with Gasteiger partial charge >= 0.3 is 0 Å². The van der Waals surface area contributed by atoms with Crippen LogP contribution in [0, 0.1) is 0 Å². The Kier molecular flexibility index (Phi) is 3.79. The van der Waals surface area contributed by atoms with E-state index in [1.807, 2.05) is 60.7 Å². The van der Waals surface area contributed by atoms with Gasteiger partial charge in [0.15, 0.2) is 0 Å². The molecule has 3 nitrogen and oxygen atoms in total. The van der Waals surface area contributed by atoms with Crippen LogP contribution in [0.15, 0.2) is 60.7 Å². The molecule has 0 saturated carbocycles. The van der Waals surface area contributed by atoms with Crippen molar-refractivity contribution in [1.82, 2.24) is 4.90 Å². The van der Waals surface area contributed by atoms with Gasteiger partial charge in [0.1, 0.15) is 6.73 Å². The first-order valence-corrected chi connectivity index (χ1v) is 6.82. The van der Waals surface area contributed by atoms with Crippen molar-refractivity contribution in [2.45, 2.75) is 5.92 Å². The van der Waals surface area contributed by atoms with Gasteiger partial charge in [-0.2, -0.15) is 0 Å². The van der Waals surface area contributed by atoms with Gasteiger partial charge in [0.2, 0.25) is 5.91 Å². The molecule has 0 aromatic heterocycles. The number of carbonyl (C=O) groups is 1. The molecule has 3 rings (SSSR count). The summed E-state index contributed by atoms with van der Waals surface area (Å²) in [7, 11) is 0. The second kappa shape index (κ2) is 5.88. The van der Waals surface area contributed by atoms with Gasteiger partial charge in [0.05, 0.1) is 12.5 Å². The molecule has 1 fully saturated rings. The molecule has 0 bridgehead atoms. The van der Waals surface area contributed by atoms with Crippen molar-refractivity contribution in [3.8, 4) is 0 Å². The fourth-order valence-electron chi connectivity index (χ4n) is 2.54. The van der Waals surface area contributed by atoms with Crippen LogP contribution in [0.4, 0.5) is 0 Å². The third-order valence-electron chi connectivity index (χ3n) is 3.58. The molecule has 1 aliphatic rings. The molecule has 102 valence electrons. The van der Waals surface area contributed by atoms with Crippen molar-refractivity contribution in [3.05, 3.63) is 71.8 Å². The smallest absolute Gasteiger partial charge is 0.236 e. The van der Waals surface area contributed by atoms with E-state index in [9.17, 15) is 4.79 Å². The lowest BCUT2D eigenvalue weighted by Crippen LogP contribution is -2.33. The van der Waals surface area contributed by atoms with E-state index in [-0.39, 0.29) is 11.8 Å². The van der Waals surface area contributed by atoms with Gasteiger partial charge in [-0.25, -0.2) is 0 Å². The summed E-state index contributed by atoms with van der Waals surface area (Å²) < 4.78 is 5.31. The van der Waals surface area contributed by atoms with Crippen LogP contribution >= 0.6 is 0 Å². The molecule has 2 aromatic carbocycles. The van der Waals surface area contributed by atoms with Gasteiger partial charge in [-0.15, -0.1) is 0 Å². The summed E-state index contributed by atoms with van der Waals surface area (Å²) in [6.07, 6.45) is 0. The van der Waals surface area contributed by atoms with Crippen molar-refractivity contribution in [2.75, 3.05) is 19.9 Å². The number of rotatable bonds is 3. The van der Waals surface area contributed by atoms with Crippen LogP contribution in [0.5, 0.6) is 0 Å². The second-order valence-corrected chi connectivity index (χ2v) is 4.89. The highest BCUT2D eigenvalue weighted by Crippen LogP contribution is 2.27. The summed E-state index contributed by atoms with van der Waals surface area (Å²) in [5, 5.41) is 0. The Hall–Kier alpha value is -2.13. The number of hydrogen-bond acceptors (Lipinski definition) is 2. The summed E-state index contributed by atoms with van der Waals surface area (Å²) in [6, 6.07) is 19.8. The number of carbonyl (C=O) groups excluding carboxylic acids is 1. The van der Waals surface area contributed by atoms with Crippen LogP contribution in [-0.4, -0.2) is 30.7 Å². The molecule has 1 aliphatic heterocycles. The zero-order valence-corrected chi connectivity index (χ0v) is 11.2. The minimum absolute atomic E-state index is 0.111. The van der Waals surface area contributed by atoms with E-state index in [0.29, 0.717) is 19.9 Å². The molecular weight excluding hydrogens is 250 g/mol. The lowest BCUT2D eigenvalue weighted by molar-refractivity contribution is -0.132. The van der Waals surface area contributed by atoms with Crippen LogP contribution in [0.2, 0.25) is 0 Å². The SMILES string of the molecule is O=C(C(c1ccccc1)c1ccccc1)N1CCOC1. The van der Waals surface area contributed by atoms with Gasteiger partial charge in [0.25, 0.3) is 0 Å². The maximum absolute atomic E-state index is 12.8. The first kappa shape index (κ1) is 12.9. The van der Waals surface area contributed by atoms with E-state index in [1.165, 1.54) is 0 Å². The zero-order chi connectivity index (χ0) is 13.8. The Morgan fingerprint density at radius 2 is 1.50 bits per heavy atom. The quantitative estimate of drug-likeness (QED) is 0.855. The number of hydrogen-bond donors (Lipinski definition) is 0. The van der Waals surface area contributed by atoms with E-state index in [1.54, 1.807) is 4.90 Å². The average molecular weight is 267 g/mol. The number of ether oxygens (including phenoxy) is 1. The summed E-state index contributed by atoms with van der Waals surface area (Å²) in [5.41, 5.74) is 2.05. The number of amides is 1. The lowest BCUT2D eigenvalue weighted by Gasteiger charge is -2.22. The fraction of sp³-hybridized carbons (Fsp3) is 0.235. The molecule has 0 radical (unpaired) electrons. The fourth-order valence-corrected chi connectivity index (χ4v) is 2.54. The highest BCUT2D eigenvalue weighted by molar-refractivity contribution is 5.87. The maximum Gasteiger partial charge on any atom is 0.236 e. The molecule has 1 amide bonds. The molecule has 20 heavy (non-hydrogen) atoms. The summed E-state index contributed by atoms with van der Waals surface area (Å²) in [5.74, 6) is -0.140. The van der Waals surface area contributed by atoms with Crippen molar-refractivity contribution in [2.24, 2.45) is 0 Å². The van der Waals surface area contributed by atoms with Gasteiger partial charge in [-0.3, -0.25) is 4.79 Å². The Morgan fingerprint density at radius 1 is 0.950 bits per heavy atom. The second-order valence-electron chi connectivity index (χ2n) is 4.89. The van der Waals surface area contributed by atoms with E-state index in [4.69, 9.17) is 4.74 Å². The van der Waals surface area contributed by atoms with E-state index < -0.39 is 0 Å². The Morgan fingerprint density at radius 3 is 1.95 bits per heavy atom. The minimum atomic E-state index is -0.251. The molecule has 0 N–H and O–H groups in total. The molecule has 0 atom stereocenters. The molecule has 0 spiro atoms. The highest BCUT2D eigenvalue weighted by Gasteiger charge is 2.29. The number of nitrogens with zero attached hydrogens (tertiary/aromatic N) is 1. The molecular formula is C17H17NO2. The van der Waals surface area contributed by atoms with Gasteiger partial charge in [-0.1, -0.05) is 60.7 Å². The maximum atomic E-state index is 12.8. The Labute approximate surface area is 118 Å². The monoisotopic (exact) mass is 267 g/mol. The normalized spacial score (nSPS) is 14.8. The predicted octanol–water partition coefficient (Wildman–Crippen LogP) is 2.63.